The van der Waals surface area contributed by atoms with Gasteiger partial charge in [0.2, 0.25) is 15.7 Å². The number of nitriles is 2. The average molecular weight is 318 g/mol. The number of anilines is 1. The number of sulfonamides is 1. The molecular weight excluding hydrogens is 304 g/mol. The maximum absolute atomic E-state index is 12.4. The monoisotopic (exact) mass is 318 g/mol. The van der Waals surface area contributed by atoms with E-state index in [0.717, 1.165) is 0 Å². The topological polar surface area (TPSA) is 121 Å². The first-order valence-corrected chi connectivity index (χ1v) is 7.97. The van der Waals surface area contributed by atoms with Crippen molar-refractivity contribution in [3.63, 3.8) is 0 Å². The molecule has 0 spiro atoms. The molecule has 9 heteroatoms. The van der Waals surface area contributed by atoms with Gasteiger partial charge < -0.3 is 5.32 Å². The molecule has 22 heavy (non-hydrogen) atoms. The summed E-state index contributed by atoms with van der Waals surface area (Å²) in [6.07, 6.45) is 0. The van der Waals surface area contributed by atoms with Gasteiger partial charge in [0.05, 0.1) is 10.6 Å². The van der Waals surface area contributed by atoms with E-state index < -0.39 is 10.0 Å². The lowest BCUT2D eigenvalue weighted by molar-refractivity contribution is 0.360. The summed E-state index contributed by atoms with van der Waals surface area (Å²) in [7, 11) is -3.49. The lowest BCUT2D eigenvalue weighted by Gasteiger charge is -2.26. The summed E-state index contributed by atoms with van der Waals surface area (Å²) in [6, 6.07) is 9.23. The van der Waals surface area contributed by atoms with E-state index in [9.17, 15) is 8.42 Å². The quantitative estimate of drug-likeness (QED) is 0.599. The predicted molar refractivity (Wildman–Crippen MR) is 80.4 cm³/mol. The average Bonchev–Trinajstić information content (AvgIpc) is 2.57. The predicted octanol–water partition coefficient (Wildman–Crippen LogP) is 0.0956. The molecule has 2 rings (SSSR count). The van der Waals surface area contributed by atoms with Gasteiger partial charge in [0.15, 0.2) is 0 Å². The molecule has 0 radical (unpaired) electrons. The van der Waals surface area contributed by atoms with Crippen LogP contribution >= 0.6 is 0 Å². The fourth-order valence-corrected chi connectivity index (χ4v) is 3.37. The van der Waals surface area contributed by atoms with Crippen molar-refractivity contribution in [1.29, 1.82) is 10.5 Å². The van der Waals surface area contributed by atoms with Gasteiger partial charge in [0, 0.05) is 26.2 Å². The molecule has 0 bridgehead atoms. The number of nitrogens with zero attached hydrogens (tertiary/aromatic N) is 4. The molecule has 1 aromatic carbocycles. The normalized spacial score (nSPS) is 15.4. The number of piperazine rings is 1. The molecule has 0 amide bonds. The van der Waals surface area contributed by atoms with E-state index in [1.54, 1.807) is 12.1 Å². The van der Waals surface area contributed by atoms with Crippen molar-refractivity contribution < 1.29 is 8.42 Å². The van der Waals surface area contributed by atoms with Crippen molar-refractivity contribution in [2.75, 3.05) is 31.6 Å². The highest BCUT2D eigenvalue weighted by atomic mass is 32.2. The second kappa shape index (κ2) is 7.00. The summed E-state index contributed by atoms with van der Waals surface area (Å²) in [5.74, 6) is 0. The Morgan fingerprint density at radius 1 is 1.18 bits per heavy atom. The molecule has 8 nitrogen and oxygen atoms in total. The molecule has 2 N–H and O–H groups in total. The highest BCUT2D eigenvalue weighted by Crippen LogP contribution is 2.18. The second-order valence-corrected chi connectivity index (χ2v) is 6.41. The van der Waals surface area contributed by atoms with E-state index in [2.05, 4.69) is 15.8 Å². The number of hydrogen-bond acceptors (Lipinski definition) is 7. The van der Waals surface area contributed by atoms with E-state index in [-0.39, 0.29) is 10.6 Å². The van der Waals surface area contributed by atoms with Gasteiger partial charge in [-0.15, -0.1) is 0 Å². The molecule has 0 saturated carbocycles. The summed E-state index contributed by atoms with van der Waals surface area (Å²) >= 11 is 0. The highest BCUT2D eigenvalue weighted by molar-refractivity contribution is 7.89. The molecule has 1 aromatic rings. The third kappa shape index (κ3) is 3.59. The Labute approximate surface area is 128 Å². The Balaban J connectivity index is 2.13. The highest BCUT2D eigenvalue weighted by Gasteiger charge is 2.25. The fraction of sp³-hybridized carbons (Fsp3) is 0.308. The van der Waals surface area contributed by atoms with Gasteiger partial charge in [0.1, 0.15) is 12.1 Å². The van der Waals surface area contributed by atoms with Gasteiger partial charge in [-0.25, -0.2) is 8.42 Å². The maximum atomic E-state index is 12.4. The standard InChI is InChI=1S/C13H14N6O2S/c14-9-12(10-15)18-17-11-1-3-13(4-2-11)22(20,21)19-7-5-16-6-8-19/h1-4,16-17H,5-8H2. The molecule has 1 aliphatic rings. The van der Waals surface area contributed by atoms with Crippen molar-refractivity contribution in [3.05, 3.63) is 24.3 Å². The Kier molecular flexibility index (Phi) is 5.07. The van der Waals surface area contributed by atoms with E-state index >= 15 is 0 Å². The number of rotatable bonds is 4. The van der Waals surface area contributed by atoms with E-state index in [0.29, 0.717) is 31.9 Å². The first-order chi connectivity index (χ1) is 10.6. The van der Waals surface area contributed by atoms with Crippen molar-refractivity contribution in [3.8, 4) is 12.1 Å². The smallest absolute Gasteiger partial charge is 0.243 e. The molecule has 0 atom stereocenters. The zero-order valence-corrected chi connectivity index (χ0v) is 12.5. The van der Waals surface area contributed by atoms with Crippen LogP contribution in [0.4, 0.5) is 5.69 Å². The third-order valence-corrected chi connectivity index (χ3v) is 4.99. The first kappa shape index (κ1) is 15.9. The molecule has 1 saturated heterocycles. The van der Waals surface area contributed by atoms with Crippen LogP contribution < -0.4 is 10.7 Å². The molecule has 0 aliphatic carbocycles. The number of benzene rings is 1. The molecule has 114 valence electrons. The minimum atomic E-state index is -3.49. The van der Waals surface area contributed by atoms with Crippen LogP contribution in [0.5, 0.6) is 0 Å². The Morgan fingerprint density at radius 3 is 2.32 bits per heavy atom. The Morgan fingerprint density at radius 2 is 1.77 bits per heavy atom. The van der Waals surface area contributed by atoms with Crippen LogP contribution in [0.3, 0.4) is 0 Å². The summed E-state index contributed by atoms with van der Waals surface area (Å²) in [6.45, 7) is 2.16. The van der Waals surface area contributed by atoms with Gasteiger partial charge in [0.25, 0.3) is 0 Å². The molecular formula is C13H14N6O2S. The molecule has 0 aromatic heterocycles. The number of hydrazone groups is 1. The van der Waals surface area contributed by atoms with Gasteiger partial charge in [-0.1, -0.05) is 0 Å². The van der Waals surface area contributed by atoms with E-state index in [1.807, 2.05) is 0 Å². The summed E-state index contributed by atoms with van der Waals surface area (Å²) < 4.78 is 26.3. The van der Waals surface area contributed by atoms with Gasteiger partial charge in [-0.05, 0) is 24.3 Å². The van der Waals surface area contributed by atoms with Crippen LogP contribution in [0, 0.1) is 22.7 Å². The zero-order valence-electron chi connectivity index (χ0n) is 11.7. The van der Waals surface area contributed by atoms with Crippen LogP contribution in [0.1, 0.15) is 0 Å². The van der Waals surface area contributed by atoms with Crippen LogP contribution in [0.25, 0.3) is 0 Å². The van der Waals surface area contributed by atoms with Crippen molar-refractivity contribution in [2.45, 2.75) is 4.90 Å². The number of hydrogen-bond donors (Lipinski definition) is 2. The lowest BCUT2D eigenvalue weighted by atomic mass is 10.3. The fourth-order valence-electron chi connectivity index (χ4n) is 1.93. The summed E-state index contributed by atoms with van der Waals surface area (Å²) in [5.41, 5.74) is 2.71. The summed E-state index contributed by atoms with van der Waals surface area (Å²) in [4.78, 5) is 0.199. The van der Waals surface area contributed by atoms with Crippen molar-refractivity contribution in [2.24, 2.45) is 5.10 Å². The largest absolute Gasteiger partial charge is 0.314 e. The maximum Gasteiger partial charge on any atom is 0.243 e. The minimum absolute atomic E-state index is 0.199. The van der Waals surface area contributed by atoms with Gasteiger partial charge in [-0.2, -0.15) is 19.9 Å². The number of nitrogens with one attached hydrogen (secondary N) is 2. The molecule has 1 aliphatic heterocycles. The van der Waals surface area contributed by atoms with Gasteiger partial charge >= 0.3 is 0 Å². The minimum Gasteiger partial charge on any atom is -0.314 e. The SMILES string of the molecule is N#CC(C#N)=NNc1ccc(S(=O)(=O)N2CCNCC2)cc1. The van der Waals surface area contributed by atoms with Gasteiger partial charge in [-0.3, -0.25) is 5.43 Å². The van der Waals surface area contributed by atoms with E-state index in [1.165, 1.54) is 28.6 Å². The Bertz CT molecular complexity index is 720. The lowest BCUT2D eigenvalue weighted by Crippen LogP contribution is -2.46. The van der Waals surface area contributed by atoms with Crippen LogP contribution in [0.2, 0.25) is 0 Å². The molecule has 1 heterocycles. The first-order valence-electron chi connectivity index (χ1n) is 6.53. The summed E-state index contributed by atoms with van der Waals surface area (Å²) in [5, 5.41) is 23.8. The third-order valence-electron chi connectivity index (χ3n) is 3.08. The van der Waals surface area contributed by atoms with Crippen LogP contribution in [0.15, 0.2) is 34.3 Å². The Hall–Kier alpha value is -2.46. The van der Waals surface area contributed by atoms with E-state index in [4.69, 9.17) is 10.5 Å². The van der Waals surface area contributed by atoms with Crippen LogP contribution in [-0.4, -0.2) is 44.6 Å². The van der Waals surface area contributed by atoms with Crippen molar-refractivity contribution in [1.82, 2.24) is 9.62 Å². The molecule has 1 fully saturated rings. The van der Waals surface area contributed by atoms with Crippen LogP contribution in [-0.2, 0) is 10.0 Å². The second-order valence-electron chi connectivity index (χ2n) is 4.47. The van der Waals surface area contributed by atoms with Crippen molar-refractivity contribution >= 4 is 21.4 Å². The zero-order chi connectivity index (χ0) is 16.0. The molecule has 0 unspecified atom stereocenters.